The number of carbonyl (C=O) groups excluding carboxylic acids is 1. The quantitative estimate of drug-likeness (QED) is 0.441. The summed E-state index contributed by atoms with van der Waals surface area (Å²) in [6.07, 6.45) is 8.77. The van der Waals surface area contributed by atoms with Gasteiger partial charge in [0, 0.05) is 18.0 Å². The number of carbonyl (C=O) groups is 1. The van der Waals surface area contributed by atoms with Crippen molar-refractivity contribution >= 4 is 63.8 Å². The molecule has 1 saturated heterocycles. The molecule has 0 saturated carbocycles. The molecule has 1 aromatic heterocycles. The average molecular weight is 384 g/mol. The molecule has 1 amide bonds. The first-order valence-electron chi connectivity index (χ1n) is 6.98. The van der Waals surface area contributed by atoms with Crippen LogP contribution in [-0.4, -0.2) is 26.2 Å². The Kier molecular flexibility index (Phi) is 6.34. The fraction of sp³-hybridized carbons (Fsp3) is 0.267. The summed E-state index contributed by atoms with van der Waals surface area (Å²) in [5.41, 5.74) is 0. The van der Waals surface area contributed by atoms with E-state index in [0.717, 1.165) is 0 Å². The molecule has 8 heteroatoms. The predicted octanol–water partition coefficient (Wildman–Crippen LogP) is 3.71. The van der Waals surface area contributed by atoms with Gasteiger partial charge in [-0.25, -0.2) is 0 Å². The minimum atomic E-state index is -0.0593. The molecule has 1 aromatic rings. The monoisotopic (exact) mass is 383 g/mol. The number of rotatable bonds is 5. The molecule has 2 heterocycles. The molecule has 4 nitrogen and oxygen atoms in total. The first-order chi connectivity index (χ1) is 11.0. The molecule has 0 aromatic carbocycles. The summed E-state index contributed by atoms with van der Waals surface area (Å²) in [7, 11) is 0. The highest BCUT2D eigenvalue weighted by Crippen LogP contribution is 2.30. The van der Waals surface area contributed by atoms with Gasteiger partial charge in [0.2, 0.25) is 0 Å². The highest BCUT2D eigenvalue weighted by molar-refractivity contribution is 8.26. The summed E-state index contributed by atoms with van der Waals surface area (Å²) in [6.45, 7) is 4.95. The maximum Gasteiger partial charge on any atom is 0.266 e. The van der Waals surface area contributed by atoms with E-state index < -0.39 is 0 Å². The van der Waals surface area contributed by atoms with Gasteiger partial charge in [-0.2, -0.15) is 0 Å². The number of allylic oxidation sites excluding steroid dienone is 4. The summed E-state index contributed by atoms with van der Waals surface area (Å²) < 4.78 is 2.74. The maximum absolute atomic E-state index is 12.0. The summed E-state index contributed by atoms with van der Waals surface area (Å²) in [4.78, 5) is 14.8. The largest absolute Gasteiger partial charge is 0.859 e. The first kappa shape index (κ1) is 18.1. The van der Waals surface area contributed by atoms with Crippen LogP contribution in [0.5, 0.6) is 5.88 Å². The molecule has 0 bridgehead atoms. The summed E-state index contributed by atoms with van der Waals surface area (Å²) in [5, 5.41) is 12.0. The second-order valence-electron chi connectivity index (χ2n) is 4.47. The second kappa shape index (κ2) is 8.05. The SMILES string of the molecule is CCN1C(=O)/C(=C/C=C/C=C/c2sc(=S)n(CC)c2[O-])SC1=S. The van der Waals surface area contributed by atoms with Crippen molar-refractivity contribution in [3.05, 3.63) is 38.0 Å². The molecule has 0 spiro atoms. The molecule has 0 aliphatic carbocycles. The molecule has 1 aliphatic heterocycles. The lowest BCUT2D eigenvalue weighted by molar-refractivity contribution is -0.279. The third-order valence-electron chi connectivity index (χ3n) is 3.10. The van der Waals surface area contributed by atoms with E-state index in [9.17, 15) is 9.90 Å². The molecule has 0 atom stereocenters. The Labute approximate surface area is 153 Å². The van der Waals surface area contributed by atoms with E-state index in [4.69, 9.17) is 24.4 Å². The van der Waals surface area contributed by atoms with Gasteiger partial charge in [-0.1, -0.05) is 42.2 Å². The van der Waals surface area contributed by atoms with Crippen molar-refractivity contribution in [1.29, 1.82) is 0 Å². The van der Waals surface area contributed by atoms with Gasteiger partial charge in [-0.3, -0.25) is 9.69 Å². The number of likely N-dealkylation sites (N-methyl/N-ethyl adjacent to an activating group) is 1. The van der Waals surface area contributed by atoms with Crippen LogP contribution < -0.4 is 5.11 Å². The van der Waals surface area contributed by atoms with Gasteiger partial charge < -0.3 is 9.67 Å². The average Bonchev–Trinajstić information content (AvgIpc) is 2.94. The Hall–Kier alpha value is -1.22. The van der Waals surface area contributed by atoms with E-state index in [1.807, 2.05) is 13.8 Å². The van der Waals surface area contributed by atoms with Crippen LogP contribution >= 0.6 is 47.5 Å². The minimum absolute atomic E-state index is 0.0593. The molecular weight excluding hydrogens is 368 g/mol. The van der Waals surface area contributed by atoms with Gasteiger partial charge in [0.05, 0.1) is 4.91 Å². The van der Waals surface area contributed by atoms with Gasteiger partial charge >= 0.3 is 0 Å². The molecular formula is C15H15N2O2S4-. The summed E-state index contributed by atoms with van der Waals surface area (Å²) in [6, 6.07) is 0. The zero-order valence-corrected chi connectivity index (χ0v) is 15.9. The van der Waals surface area contributed by atoms with Crippen molar-refractivity contribution in [2.45, 2.75) is 20.4 Å². The van der Waals surface area contributed by atoms with Crippen molar-refractivity contribution in [3.8, 4) is 5.88 Å². The number of aromatic nitrogens is 1. The van der Waals surface area contributed by atoms with Crippen LogP contribution in [0.15, 0.2) is 29.2 Å². The number of hydrogen-bond acceptors (Lipinski definition) is 6. The van der Waals surface area contributed by atoms with Gasteiger partial charge in [-0.05, 0) is 44.1 Å². The molecule has 1 aliphatic rings. The number of hydrogen-bond donors (Lipinski definition) is 0. The number of amides is 1. The van der Waals surface area contributed by atoms with E-state index in [-0.39, 0.29) is 11.8 Å². The Morgan fingerprint density at radius 2 is 1.91 bits per heavy atom. The Bertz CT molecular complexity index is 771. The van der Waals surface area contributed by atoms with Crippen molar-refractivity contribution in [2.24, 2.45) is 0 Å². The molecule has 0 unspecified atom stereocenters. The highest BCUT2D eigenvalue weighted by atomic mass is 32.2. The summed E-state index contributed by atoms with van der Waals surface area (Å²) in [5.74, 6) is -0.119. The molecule has 2 rings (SSSR count). The van der Waals surface area contributed by atoms with Crippen LogP contribution in [0.4, 0.5) is 0 Å². The first-order valence-corrected chi connectivity index (χ1v) is 9.43. The molecule has 0 radical (unpaired) electrons. The van der Waals surface area contributed by atoms with Crippen molar-refractivity contribution in [3.63, 3.8) is 0 Å². The summed E-state index contributed by atoms with van der Waals surface area (Å²) >= 11 is 12.9. The lowest BCUT2D eigenvalue weighted by Gasteiger charge is -2.09. The van der Waals surface area contributed by atoms with E-state index in [1.54, 1.807) is 39.8 Å². The van der Waals surface area contributed by atoms with Crippen LogP contribution in [-0.2, 0) is 11.3 Å². The van der Waals surface area contributed by atoms with Gasteiger partial charge in [-0.15, -0.1) is 11.3 Å². The van der Waals surface area contributed by atoms with E-state index in [2.05, 4.69) is 0 Å². The normalized spacial score (nSPS) is 17.5. The van der Waals surface area contributed by atoms with Gasteiger partial charge in [0.25, 0.3) is 5.91 Å². The van der Waals surface area contributed by atoms with E-state index >= 15 is 0 Å². The maximum atomic E-state index is 12.0. The smallest absolute Gasteiger partial charge is 0.266 e. The fourth-order valence-electron chi connectivity index (χ4n) is 1.92. The third-order valence-corrected chi connectivity index (χ3v) is 5.89. The lowest BCUT2D eigenvalue weighted by Crippen LogP contribution is -2.27. The Morgan fingerprint density at radius 3 is 2.48 bits per heavy atom. The van der Waals surface area contributed by atoms with E-state index in [0.29, 0.717) is 31.1 Å². The highest BCUT2D eigenvalue weighted by Gasteiger charge is 2.29. The number of thiazole rings is 1. The Balaban J connectivity index is 2.05. The van der Waals surface area contributed by atoms with Gasteiger partial charge in [0.1, 0.15) is 4.32 Å². The lowest BCUT2D eigenvalue weighted by atomic mass is 10.3. The third kappa shape index (κ3) is 4.00. The van der Waals surface area contributed by atoms with Crippen LogP contribution in [0.1, 0.15) is 18.7 Å². The fourth-order valence-corrected chi connectivity index (χ4v) is 4.60. The molecule has 122 valence electrons. The van der Waals surface area contributed by atoms with Crippen molar-refractivity contribution in [1.82, 2.24) is 9.47 Å². The number of thioether (sulfide) groups is 1. The van der Waals surface area contributed by atoms with Gasteiger partial charge in [0.15, 0.2) is 3.95 Å². The predicted molar refractivity (Wildman–Crippen MR) is 102 cm³/mol. The minimum Gasteiger partial charge on any atom is -0.859 e. The molecule has 0 N–H and O–H groups in total. The van der Waals surface area contributed by atoms with E-state index in [1.165, 1.54) is 23.1 Å². The Morgan fingerprint density at radius 1 is 1.17 bits per heavy atom. The van der Waals surface area contributed by atoms with Crippen LogP contribution in [0.2, 0.25) is 0 Å². The number of thiocarbonyl (C=S) groups is 1. The molecule has 1 fully saturated rings. The standard InChI is InChI=1S/C15H16N2O2S4/c1-3-16-12(18)10(22-14(16)20)8-6-5-7-9-11-13(19)17(4-2)15(21)23-11/h5-9,18H,3-4H2,1-2H3/p-1/b7-5+,8-6+,11-9-. The second-order valence-corrected chi connectivity index (χ2v) is 7.83. The van der Waals surface area contributed by atoms with Crippen LogP contribution in [0.3, 0.4) is 0 Å². The van der Waals surface area contributed by atoms with Crippen molar-refractivity contribution < 1.29 is 9.90 Å². The molecule has 23 heavy (non-hydrogen) atoms. The topological polar surface area (TPSA) is 48.3 Å². The number of nitrogens with zero attached hydrogens (tertiary/aromatic N) is 2. The zero-order chi connectivity index (χ0) is 17.0. The zero-order valence-electron chi connectivity index (χ0n) is 12.6. The van der Waals surface area contributed by atoms with Crippen LogP contribution in [0.25, 0.3) is 6.08 Å². The van der Waals surface area contributed by atoms with Crippen molar-refractivity contribution in [2.75, 3.05) is 6.54 Å². The van der Waals surface area contributed by atoms with Crippen LogP contribution in [0, 0.1) is 3.95 Å².